The Labute approximate surface area is 118 Å². The molecule has 0 radical (unpaired) electrons. The van der Waals surface area contributed by atoms with Gasteiger partial charge in [-0.1, -0.05) is 6.07 Å². The highest BCUT2D eigenvalue weighted by Gasteiger charge is 2.19. The maximum absolute atomic E-state index is 13.9. The first kappa shape index (κ1) is 14.3. The van der Waals surface area contributed by atoms with Crippen LogP contribution in [0.5, 0.6) is 0 Å². The van der Waals surface area contributed by atoms with E-state index in [-0.39, 0.29) is 10.7 Å². The van der Waals surface area contributed by atoms with Gasteiger partial charge >= 0.3 is 5.97 Å². The highest BCUT2D eigenvalue weighted by atomic mass is 32.2. The zero-order chi connectivity index (χ0) is 13.8. The fraction of sp³-hybridized carbons (Fsp3) is 0.308. The van der Waals surface area contributed by atoms with Crippen molar-refractivity contribution in [2.24, 2.45) is 5.73 Å². The van der Waals surface area contributed by atoms with Gasteiger partial charge in [-0.3, -0.25) is 0 Å². The zero-order valence-corrected chi connectivity index (χ0v) is 11.8. The molecule has 0 aliphatic heterocycles. The van der Waals surface area contributed by atoms with E-state index in [1.807, 2.05) is 0 Å². The van der Waals surface area contributed by atoms with Crippen LogP contribution in [0.25, 0.3) is 10.1 Å². The Morgan fingerprint density at radius 1 is 1.47 bits per heavy atom. The van der Waals surface area contributed by atoms with Gasteiger partial charge in [-0.15, -0.1) is 11.3 Å². The van der Waals surface area contributed by atoms with Crippen LogP contribution in [0.1, 0.15) is 21.7 Å². The van der Waals surface area contributed by atoms with Gasteiger partial charge in [0.2, 0.25) is 0 Å². The van der Waals surface area contributed by atoms with Crippen LogP contribution in [-0.2, 0) is 5.75 Å². The van der Waals surface area contributed by atoms with Crippen molar-refractivity contribution in [3.63, 3.8) is 0 Å². The molecule has 0 saturated heterocycles. The van der Waals surface area contributed by atoms with E-state index in [1.54, 1.807) is 23.9 Å². The highest BCUT2D eigenvalue weighted by molar-refractivity contribution is 7.98. The molecule has 0 unspecified atom stereocenters. The molecule has 0 saturated carbocycles. The number of benzene rings is 1. The molecule has 0 fully saturated rings. The third kappa shape index (κ3) is 3.08. The summed E-state index contributed by atoms with van der Waals surface area (Å²) in [4.78, 5) is 11.5. The summed E-state index contributed by atoms with van der Waals surface area (Å²) in [5.41, 5.74) is 6.01. The van der Waals surface area contributed by atoms with Crippen LogP contribution in [0.4, 0.5) is 4.39 Å². The van der Waals surface area contributed by atoms with Crippen LogP contribution >= 0.6 is 23.1 Å². The van der Waals surface area contributed by atoms with E-state index in [9.17, 15) is 14.3 Å². The number of carboxylic acids is 1. The van der Waals surface area contributed by atoms with Crippen LogP contribution in [0, 0.1) is 5.82 Å². The van der Waals surface area contributed by atoms with Gasteiger partial charge in [0, 0.05) is 15.8 Å². The lowest BCUT2D eigenvalue weighted by atomic mass is 10.1. The second kappa shape index (κ2) is 6.36. The first-order valence-electron chi connectivity index (χ1n) is 5.86. The molecule has 0 atom stereocenters. The summed E-state index contributed by atoms with van der Waals surface area (Å²) in [6.45, 7) is 0.609. The van der Waals surface area contributed by atoms with Crippen molar-refractivity contribution >= 4 is 39.2 Å². The molecule has 2 aromatic rings. The minimum absolute atomic E-state index is 0.236. The van der Waals surface area contributed by atoms with E-state index < -0.39 is 5.97 Å². The first-order valence-corrected chi connectivity index (χ1v) is 7.83. The van der Waals surface area contributed by atoms with Crippen molar-refractivity contribution in [1.82, 2.24) is 0 Å². The van der Waals surface area contributed by atoms with Crippen LogP contribution in [0.3, 0.4) is 0 Å². The Bertz CT molecular complexity index is 598. The molecule has 0 amide bonds. The molecule has 102 valence electrons. The van der Waals surface area contributed by atoms with E-state index >= 15 is 0 Å². The summed E-state index contributed by atoms with van der Waals surface area (Å²) in [7, 11) is 0. The minimum Gasteiger partial charge on any atom is -0.477 e. The number of nitrogens with two attached hydrogens (primary N) is 1. The molecule has 1 aromatic heterocycles. The van der Waals surface area contributed by atoms with E-state index in [0.717, 1.165) is 23.5 Å². The zero-order valence-electron chi connectivity index (χ0n) is 10.2. The summed E-state index contributed by atoms with van der Waals surface area (Å²) in [5.74, 6) is 0.00916. The summed E-state index contributed by atoms with van der Waals surface area (Å²) in [6, 6.07) is 4.73. The molecule has 1 aromatic carbocycles. The number of carbonyl (C=O) groups is 1. The van der Waals surface area contributed by atoms with Gasteiger partial charge in [0.25, 0.3) is 0 Å². The molecule has 6 heteroatoms. The Morgan fingerprint density at radius 2 is 2.26 bits per heavy atom. The van der Waals surface area contributed by atoms with Gasteiger partial charge in [0.15, 0.2) is 0 Å². The second-order valence-corrected chi connectivity index (χ2v) is 6.18. The van der Waals surface area contributed by atoms with Crippen LogP contribution < -0.4 is 5.73 Å². The van der Waals surface area contributed by atoms with Crippen LogP contribution in [-0.4, -0.2) is 23.4 Å². The predicted molar refractivity (Wildman–Crippen MR) is 78.6 cm³/mol. The van der Waals surface area contributed by atoms with Crippen molar-refractivity contribution < 1.29 is 14.3 Å². The van der Waals surface area contributed by atoms with Crippen molar-refractivity contribution in [2.75, 3.05) is 12.3 Å². The maximum atomic E-state index is 13.9. The number of hydrogen-bond donors (Lipinski definition) is 2. The number of rotatable bonds is 6. The molecule has 3 nitrogen and oxygen atoms in total. The molecular formula is C13H14FNO2S2. The Balaban J connectivity index is 2.37. The van der Waals surface area contributed by atoms with Gasteiger partial charge in [0.1, 0.15) is 10.7 Å². The molecule has 2 rings (SSSR count). The molecule has 0 spiro atoms. The normalized spacial score (nSPS) is 11.1. The topological polar surface area (TPSA) is 63.3 Å². The van der Waals surface area contributed by atoms with Crippen LogP contribution in [0.15, 0.2) is 18.2 Å². The predicted octanol–water partition coefficient (Wildman–Crippen LogP) is 3.32. The highest BCUT2D eigenvalue weighted by Crippen LogP contribution is 2.35. The first-order chi connectivity index (χ1) is 9.15. The lowest BCUT2D eigenvalue weighted by Gasteiger charge is -2.02. The lowest BCUT2D eigenvalue weighted by Crippen LogP contribution is -2.01. The molecule has 1 heterocycles. The van der Waals surface area contributed by atoms with Gasteiger partial charge in [0.05, 0.1) is 0 Å². The Hall–Kier alpha value is -1.11. The molecular weight excluding hydrogens is 285 g/mol. The number of hydrogen-bond acceptors (Lipinski definition) is 4. The van der Waals surface area contributed by atoms with Crippen molar-refractivity contribution in [2.45, 2.75) is 12.2 Å². The van der Waals surface area contributed by atoms with E-state index in [2.05, 4.69) is 0 Å². The minimum atomic E-state index is -0.991. The smallest absolute Gasteiger partial charge is 0.346 e. The summed E-state index contributed by atoms with van der Waals surface area (Å²) < 4.78 is 14.6. The number of thioether (sulfide) groups is 1. The summed E-state index contributed by atoms with van der Waals surface area (Å²) >= 11 is 2.72. The largest absolute Gasteiger partial charge is 0.477 e. The number of thiophene rings is 1. The van der Waals surface area contributed by atoms with Crippen molar-refractivity contribution in [3.8, 4) is 0 Å². The molecule has 0 bridgehead atoms. The fourth-order valence-electron chi connectivity index (χ4n) is 1.84. The lowest BCUT2D eigenvalue weighted by molar-refractivity contribution is 0.0701. The van der Waals surface area contributed by atoms with Crippen LogP contribution in [0.2, 0.25) is 0 Å². The standard InChI is InChI=1S/C13H14FNO2S2/c14-9-3-1-4-10-11(9)8(7-18-6-2-5-15)12(19-10)13(16)17/h1,3-4H,2,5-7,15H2,(H,16,17). The summed E-state index contributed by atoms with van der Waals surface area (Å²) in [5, 5.41) is 9.67. The number of halogens is 1. The van der Waals surface area contributed by atoms with Gasteiger partial charge < -0.3 is 10.8 Å². The Kier molecular flexibility index (Phi) is 4.79. The Morgan fingerprint density at radius 3 is 2.95 bits per heavy atom. The number of aromatic carboxylic acids is 1. The van der Waals surface area contributed by atoms with Gasteiger partial charge in [-0.2, -0.15) is 11.8 Å². The third-order valence-corrected chi connectivity index (χ3v) is 4.95. The van der Waals surface area contributed by atoms with Gasteiger partial charge in [-0.25, -0.2) is 9.18 Å². The fourth-order valence-corrected chi connectivity index (χ4v) is 4.01. The monoisotopic (exact) mass is 299 g/mol. The summed E-state index contributed by atoms with van der Waals surface area (Å²) in [6.07, 6.45) is 0.873. The second-order valence-electron chi connectivity index (χ2n) is 4.02. The molecule has 0 aliphatic carbocycles. The number of fused-ring (bicyclic) bond motifs is 1. The average molecular weight is 299 g/mol. The van der Waals surface area contributed by atoms with E-state index in [4.69, 9.17) is 5.73 Å². The van der Waals surface area contributed by atoms with E-state index in [0.29, 0.717) is 27.9 Å². The maximum Gasteiger partial charge on any atom is 0.346 e. The number of carboxylic acid groups (broad SMARTS) is 1. The SMILES string of the molecule is NCCCSCc1c(C(=O)O)sc2cccc(F)c12. The molecule has 19 heavy (non-hydrogen) atoms. The van der Waals surface area contributed by atoms with Crippen molar-refractivity contribution in [3.05, 3.63) is 34.5 Å². The third-order valence-electron chi connectivity index (χ3n) is 2.70. The van der Waals surface area contributed by atoms with Crippen molar-refractivity contribution in [1.29, 1.82) is 0 Å². The quantitative estimate of drug-likeness (QED) is 0.803. The average Bonchev–Trinajstić information content (AvgIpc) is 2.75. The molecule has 0 aliphatic rings. The van der Waals surface area contributed by atoms with E-state index in [1.165, 1.54) is 6.07 Å². The molecule has 3 N–H and O–H groups in total. The van der Waals surface area contributed by atoms with Gasteiger partial charge in [-0.05, 0) is 36.4 Å².